The van der Waals surface area contributed by atoms with Gasteiger partial charge in [-0.1, -0.05) is 37.3 Å². The van der Waals surface area contributed by atoms with Crippen LogP contribution in [-0.4, -0.2) is 35.6 Å². The number of aliphatic hydroxyl groups excluding tert-OH is 1. The molecular formula is C13H20N2O2. The lowest BCUT2D eigenvalue weighted by molar-refractivity contribution is -0.133. The minimum atomic E-state index is -0.644. The molecule has 0 radical (unpaired) electrons. The minimum absolute atomic E-state index is 0.0345. The van der Waals surface area contributed by atoms with Crippen LogP contribution < -0.4 is 5.73 Å². The van der Waals surface area contributed by atoms with Crippen LogP contribution in [-0.2, 0) is 4.79 Å². The van der Waals surface area contributed by atoms with E-state index < -0.39 is 6.04 Å². The Morgan fingerprint density at radius 3 is 2.53 bits per heavy atom. The van der Waals surface area contributed by atoms with E-state index >= 15 is 0 Å². The van der Waals surface area contributed by atoms with Crippen molar-refractivity contribution < 1.29 is 9.90 Å². The van der Waals surface area contributed by atoms with E-state index in [1.54, 1.807) is 4.90 Å². The largest absolute Gasteiger partial charge is 0.395 e. The molecule has 0 heterocycles. The fraction of sp³-hybridized carbons (Fsp3) is 0.462. The molecule has 1 aromatic rings. The summed E-state index contributed by atoms with van der Waals surface area (Å²) in [5, 5.41) is 8.93. The molecule has 3 N–H and O–H groups in total. The summed E-state index contributed by atoms with van der Waals surface area (Å²) in [6.45, 7) is 2.92. The molecule has 0 bridgehead atoms. The summed E-state index contributed by atoms with van der Waals surface area (Å²) in [6, 6.07) is 8.64. The molecule has 0 spiro atoms. The average Bonchev–Trinajstić information content (AvgIpc) is 2.38. The average molecular weight is 236 g/mol. The fourth-order valence-corrected chi connectivity index (χ4v) is 1.72. The maximum absolute atomic E-state index is 12.1. The van der Waals surface area contributed by atoms with Crippen LogP contribution in [0.4, 0.5) is 0 Å². The maximum Gasteiger partial charge on any atom is 0.244 e. The molecule has 4 heteroatoms. The van der Waals surface area contributed by atoms with Crippen LogP contribution in [0.2, 0.25) is 0 Å². The van der Waals surface area contributed by atoms with Gasteiger partial charge in [-0.2, -0.15) is 0 Å². The van der Waals surface area contributed by atoms with Crippen LogP contribution in [0.15, 0.2) is 30.3 Å². The summed E-state index contributed by atoms with van der Waals surface area (Å²) >= 11 is 0. The normalized spacial score (nSPS) is 12.2. The van der Waals surface area contributed by atoms with Gasteiger partial charge in [-0.05, 0) is 12.0 Å². The maximum atomic E-state index is 12.1. The van der Waals surface area contributed by atoms with Crippen LogP contribution in [0.1, 0.15) is 24.9 Å². The van der Waals surface area contributed by atoms with Gasteiger partial charge in [0.25, 0.3) is 0 Å². The van der Waals surface area contributed by atoms with Crippen LogP contribution in [0.25, 0.3) is 0 Å². The van der Waals surface area contributed by atoms with Gasteiger partial charge >= 0.3 is 0 Å². The number of nitrogens with two attached hydrogens (primary N) is 1. The van der Waals surface area contributed by atoms with Gasteiger partial charge in [0, 0.05) is 13.1 Å². The van der Waals surface area contributed by atoms with Gasteiger partial charge in [0.2, 0.25) is 5.91 Å². The Balaban J connectivity index is 2.73. The van der Waals surface area contributed by atoms with Crippen molar-refractivity contribution in [3.8, 4) is 0 Å². The van der Waals surface area contributed by atoms with Crippen LogP contribution in [0, 0.1) is 0 Å². The van der Waals surface area contributed by atoms with E-state index in [4.69, 9.17) is 10.8 Å². The Hall–Kier alpha value is -1.39. The summed E-state index contributed by atoms with van der Waals surface area (Å²) in [6.07, 6.45) is 0.854. The SMILES string of the molecule is CCCN(CCO)C(=O)[C@H](N)c1ccccc1. The molecule has 4 nitrogen and oxygen atoms in total. The Morgan fingerprint density at radius 2 is 2.00 bits per heavy atom. The molecule has 1 rings (SSSR count). The van der Waals surface area contributed by atoms with E-state index in [2.05, 4.69) is 0 Å². The van der Waals surface area contributed by atoms with E-state index in [0.717, 1.165) is 12.0 Å². The molecule has 17 heavy (non-hydrogen) atoms. The lowest BCUT2D eigenvalue weighted by atomic mass is 10.1. The number of rotatable bonds is 6. The smallest absolute Gasteiger partial charge is 0.244 e. The Morgan fingerprint density at radius 1 is 1.35 bits per heavy atom. The number of aliphatic hydroxyl groups is 1. The second-order valence-electron chi connectivity index (χ2n) is 3.94. The molecule has 0 aliphatic rings. The molecule has 0 fully saturated rings. The zero-order chi connectivity index (χ0) is 12.7. The van der Waals surface area contributed by atoms with Crippen molar-refractivity contribution in [2.75, 3.05) is 19.7 Å². The second kappa shape index (κ2) is 7.04. The van der Waals surface area contributed by atoms with Crippen molar-refractivity contribution in [1.29, 1.82) is 0 Å². The monoisotopic (exact) mass is 236 g/mol. The quantitative estimate of drug-likeness (QED) is 0.771. The first-order chi connectivity index (χ1) is 8.20. The molecule has 0 aromatic heterocycles. The highest BCUT2D eigenvalue weighted by atomic mass is 16.3. The third-order valence-electron chi connectivity index (χ3n) is 2.60. The van der Waals surface area contributed by atoms with Gasteiger partial charge in [-0.3, -0.25) is 4.79 Å². The van der Waals surface area contributed by atoms with Gasteiger partial charge in [-0.15, -0.1) is 0 Å². The Kier molecular flexibility index (Phi) is 5.66. The summed E-state index contributed by atoms with van der Waals surface area (Å²) < 4.78 is 0. The van der Waals surface area contributed by atoms with Crippen molar-refractivity contribution in [2.24, 2.45) is 5.73 Å². The molecule has 0 unspecified atom stereocenters. The highest BCUT2D eigenvalue weighted by Crippen LogP contribution is 2.12. The van der Waals surface area contributed by atoms with Crippen LogP contribution in [0.3, 0.4) is 0 Å². The first-order valence-electron chi connectivity index (χ1n) is 5.90. The number of carbonyl (C=O) groups is 1. The van der Waals surface area contributed by atoms with Gasteiger partial charge in [-0.25, -0.2) is 0 Å². The van der Waals surface area contributed by atoms with Crippen molar-refractivity contribution in [1.82, 2.24) is 4.90 Å². The first-order valence-corrected chi connectivity index (χ1v) is 5.90. The van der Waals surface area contributed by atoms with Crippen molar-refractivity contribution in [2.45, 2.75) is 19.4 Å². The zero-order valence-electron chi connectivity index (χ0n) is 10.2. The highest BCUT2D eigenvalue weighted by Gasteiger charge is 2.21. The van der Waals surface area contributed by atoms with E-state index in [0.29, 0.717) is 13.1 Å². The summed E-state index contributed by atoms with van der Waals surface area (Å²) in [7, 11) is 0. The van der Waals surface area contributed by atoms with E-state index in [-0.39, 0.29) is 12.5 Å². The minimum Gasteiger partial charge on any atom is -0.395 e. The molecule has 0 aliphatic carbocycles. The molecule has 0 aliphatic heterocycles. The molecule has 1 aromatic carbocycles. The second-order valence-corrected chi connectivity index (χ2v) is 3.94. The lowest BCUT2D eigenvalue weighted by Crippen LogP contribution is -2.40. The van der Waals surface area contributed by atoms with Gasteiger partial charge in [0.15, 0.2) is 0 Å². The predicted molar refractivity (Wildman–Crippen MR) is 67.3 cm³/mol. The summed E-state index contributed by atoms with van der Waals surface area (Å²) in [5.41, 5.74) is 6.73. The van der Waals surface area contributed by atoms with Crippen LogP contribution in [0.5, 0.6) is 0 Å². The summed E-state index contributed by atoms with van der Waals surface area (Å²) in [5.74, 6) is -0.132. The number of nitrogens with zero attached hydrogens (tertiary/aromatic N) is 1. The Labute approximate surface area is 102 Å². The highest BCUT2D eigenvalue weighted by molar-refractivity contribution is 5.83. The van der Waals surface area contributed by atoms with E-state index in [9.17, 15) is 4.79 Å². The van der Waals surface area contributed by atoms with Crippen molar-refractivity contribution >= 4 is 5.91 Å². The summed E-state index contributed by atoms with van der Waals surface area (Å²) in [4.78, 5) is 13.7. The Bertz CT molecular complexity index is 335. The molecule has 0 saturated carbocycles. The first kappa shape index (κ1) is 13.7. The zero-order valence-corrected chi connectivity index (χ0v) is 10.2. The number of amides is 1. The van der Waals surface area contributed by atoms with E-state index in [1.807, 2.05) is 37.3 Å². The van der Waals surface area contributed by atoms with Crippen LogP contribution >= 0.6 is 0 Å². The number of hydrogen-bond acceptors (Lipinski definition) is 3. The van der Waals surface area contributed by atoms with Gasteiger partial charge in [0.1, 0.15) is 6.04 Å². The third kappa shape index (κ3) is 3.84. The predicted octanol–water partition coefficient (Wildman–Crippen LogP) is 0.917. The molecule has 1 amide bonds. The lowest BCUT2D eigenvalue weighted by Gasteiger charge is -2.24. The molecule has 0 saturated heterocycles. The molecular weight excluding hydrogens is 216 g/mol. The molecule has 94 valence electrons. The van der Waals surface area contributed by atoms with Crippen molar-refractivity contribution in [3.63, 3.8) is 0 Å². The van der Waals surface area contributed by atoms with Gasteiger partial charge < -0.3 is 15.7 Å². The van der Waals surface area contributed by atoms with Gasteiger partial charge in [0.05, 0.1) is 6.61 Å². The number of benzene rings is 1. The topological polar surface area (TPSA) is 66.6 Å². The molecule has 1 atom stereocenters. The third-order valence-corrected chi connectivity index (χ3v) is 2.60. The standard InChI is InChI=1S/C13H20N2O2/c1-2-8-15(9-10-16)13(17)12(14)11-6-4-3-5-7-11/h3-7,12,16H,2,8-10,14H2,1H3/t12-/m1/s1. The van der Waals surface area contributed by atoms with Crippen molar-refractivity contribution in [3.05, 3.63) is 35.9 Å². The number of carbonyl (C=O) groups excluding carboxylic acids is 1. The fourth-order valence-electron chi connectivity index (χ4n) is 1.72. The number of hydrogen-bond donors (Lipinski definition) is 2. The van der Waals surface area contributed by atoms with E-state index in [1.165, 1.54) is 0 Å².